The van der Waals surface area contributed by atoms with Crippen molar-refractivity contribution in [3.63, 3.8) is 0 Å². The van der Waals surface area contributed by atoms with E-state index < -0.39 is 34.3 Å². The number of hydrogen-bond acceptors (Lipinski definition) is 5. The zero-order valence-electron chi connectivity index (χ0n) is 9.25. The summed E-state index contributed by atoms with van der Waals surface area (Å²) in [5.41, 5.74) is -5.41. The normalized spacial score (nSPS) is 13.8. The van der Waals surface area contributed by atoms with Crippen LogP contribution in [0.25, 0.3) is 0 Å². The molecule has 0 atom stereocenters. The van der Waals surface area contributed by atoms with Crippen molar-refractivity contribution in [2.45, 2.75) is 17.3 Å². The lowest BCUT2D eigenvalue weighted by Gasteiger charge is -2.27. The summed E-state index contributed by atoms with van der Waals surface area (Å²) >= 11 is 0. The Balaban J connectivity index is 3.33. The first kappa shape index (κ1) is 15.9. The molecule has 0 fully saturated rings. The highest BCUT2D eigenvalue weighted by atomic mass is 32.3. The number of rotatable bonds is 3. The topological polar surface area (TPSA) is 94.6 Å². The molecule has 11 heteroatoms. The van der Waals surface area contributed by atoms with Gasteiger partial charge in [-0.1, -0.05) is 17.7 Å². The van der Waals surface area contributed by atoms with E-state index in [4.69, 9.17) is 0 Å². The highest BCUT2D eigenvalue weighted by molar-refractivity contribution is 8.04. The summed E-state index contributed by atoms with van der Waals surface area (Å²) in [5, 5.41) is 11.0. The minimum Gasteiger partial charge on any atom is -0.758 e. The molecule has 1 aromatic carbocycles. The quantitative estimate of drug-likeness (QED) is 0.784. The minimum atomic E-state index is -6.50. The van der Waals surface area contributed by atoms with E-state index >= 15 is 0 Å². The fourth-order valence-electron chi connectivity index (χ4n) is 1.01. The van der Waals surface area contributed by atoms with Crippen molar-refractivity contribution in [2.75, 3.05) is 0 Å². The van der Waals surface area contributed by atoms with Gasteiger partial charge in [0.2, 0.25) is 10.0 Å². The lowest BCUT2D eigenvalue weighted by atomic mass is 10.2. The molecule has 0 saturated carbocycles. The average molecular weight is 318 g/mol. The average Bonchev–Trinajstić information content (AvgIpc) is 2.27. The molecule has 0 aliphatic carbocycles. The van der Waals surface area contributed by atoms with Gasteiger partial charge >= 0.3 is 15.5 Å². The van der Waals surface area contributed by atoms with Crippen LogP contribution in [0.15, 0.2) is 29.2 Å². The smallest absolute Gasteiger partial charge is 0.511 e. The first-order valence-corrected chi connectivity index (χ1v) is 7.39. The van der Waals surface area contributed by atoms with Gasteiger partial charge in [0.25, 0.3) is 0 Å². The molecule has 0 radical (unpaired) electrons. The minimum absolute atomic E-state index is 0.579. The Hall–Kier alpha value is -1.17. The van der Waals surface area contributed by atoms with Crippen LogP contribution < -0.4 is 0 Å². The summed E-state index contributed by atoms with van der Waals surface area (Å²) < 4.78 is 78.8. The van der Waals surface area contributed by atoms with Crippen molar-refractivity contribution in [3.8, 4) is 0 Å². The highest BCUT2D eigenvalue weighted by Gasteiger charge is 2.50. The Morgan fingerprint density at radius 3 is 1.84 bits per heavy atom. The molecular formula is C8H7F3NO5S2-. The zero-order chi connectivity index (χ0) is 15.1. The van der Waals surface area contributed by atoms with Crippen molar-refractivity contribution >= 4 is 20.0 Å². The monoisotopic (exact) mass is 318 g/mol. The summed E-state index contributed by atoms with van der Waals surface area (Å²) in [6.45, 7) is 1.57. The third kappa shape index (κ3) is 2.88. The van der Waals surface area contributed by atoms with E-state index in [1.54, 1.807) is 6.92 Å². The van der Waals surface area contributed by atoms with E-state index in [0.29, 0.717) is 5.56 Å². The first-order chi connectivity index (χ1) is 8.40. The lowest BCUT2D eigenvalue weighted by molar-refractivity contribution is -0.0462. The van der Waals surface area contributed by atoms with Crippen molar-refractivity contribution < 1.29 is 30.0 Å². The molecule has 108 valence electrons. The van der Waals surface area contributed by atoms with E-state index in [2.05, 4.69) is 0 Å². The van der Waals surface area contributed by atoms with Crippen LogP contribution in [0, 0.1) is 12.1 Å². The van der Waals surface area contributed by atoms with E-state index in [9.17, 15) is 35.2 Å². The molecule has 1 rings (SSSR count). The van der Waals surface area contributed by atoms with Gasteiger partial charge < -0.3 is 5.21 Å². The second-order valence-electron chi connectivity index (χ2n) is 3.43. The van der Waals surface area contributed by atoms with E-state index in [1.165, 1.54) is 12.1 Å². The lowest BCUT2D eigenvalue weighted by Crippen LogP contribution is -2.40. The molecule has 1 aromatic rings. The summed E-state index contributed by atoms with van der Waals surface area (Å²) in [5.74, 6) is 0. The van der Waals surface area contributed by atoms with E-state index in [-0.39, 0.29) is 0 Å². The Morgan fingerprint density at radius 2 is 1.47 bits per heavy atom. The maximum absolute atomic E-state index is 12.1. The molecule has 0 aromatic heterocycles. The van der Waals surface area contributed by atoms with Crippen LogP contribution in [0.4, 0.5) is 13.2 Å². The predicted octanol–water partition coefficient (Wildman–Crippen LogP) is 1.33. The Bertz CT molecular complexity index is 663. The molecule has 0 amide bonds. The van der Waals surface area contributed by atoms with Gasteiger partial charge in [-0.05, 0) is 19.1 Å². The first-order valence-electron chi connectivity index (χ1n) is 4.51. The number of sulfonamides is 2. The Kier molecular flexibility index (Phi) is 3.96. The van der Waals surface area contributed by atoms with Crippen molar-refractivity contribution in [1.29, 1.82) is 0 Å². The van der Waals surface area contributed by atoms with Crippen LogP contribution >= 0.6 is 0 Å². The molecule has 0 aliphatic rings. The Labute approximate surface area is 107 Å². The summed E-state index contributed by atoms with van der Waals surface area (Å²) in [4.78, 5) is -0.846. The van der Waals surface area contributed by atoms with Crippen molar-refractivity contribution in [2.24, 2.45) is 0 Å². The predicted molar refractivity (Wildman–Crippen MR) is 58.5 cm³/mol. The van der Waals surface area contributed by atoms with Crippen LogP contribution in [0.3, 0.4) is 0 Å². The van der Waals surface area contributed by atoms with E-state index in [0.717, 1.165) is 12.1 Å². The van der Waals surface area contributed by atoms with Gasteiger partial charge in [0.05, 0.1) is 4.90 Å². The third-order valence-electron chi connectivity index (χ3n) is 2.00. The molecule has 6 nitrogen and oxygen atoms in total. The number of nitrogens with zero attached hydrogens (tertiary/aromatic N) is 1. The van der Waals surface area contributed by atoms with Gasteiger partial charge in [-0.2, -0.15) is 17.0 Å². The van der Waals surface area contributed by atoms with Gasteiger partial charge in [0.1, 0.15) is 0 Å². The SMILES string of the molecule is Cc1ccc(S(=O)(=O)N([O-])S(=O)(=O)C(F)(F)F)cc1. The molecule has 0 bridgehead atoms. The molecule has 19 heavy (non-hydrogen) atoms. The van der Waals surface area contributed by atoms with Gasteiger partial charge in [0.15, 0.2) is 0 Å². The molecule has 0 heterocycles. The zero-order valence-corrected chi connectivity index (χ0v) is 10.9. The van der Waals surface area contributed by atoms with Crippen LogP contribution in [-0.2, 0) is 20.0 Å². The fraction of sp³-hybridized carbons (Fsp3) is 0.250. The number of alkyl halides is 3. The standard InChI is InChI=1S/C8H7F3NO5S2/c1-6-2-4-7(5-3-6)18(14,15)12(13)19(16,17)8(9,10)11/h2-5H,1H3/q-1. The molecule has 0 aliphatic heterocycles. The molecule has 0 unspecified atom stereocenters. The largest absolute Gasteiger partial charge is 0.758 e. The number of aryl methyl sites for hydroxylation is 1. The summed E-state index contributed by atoms with van der Waals surface area (Å²) in [6, 6.07) is 4.09. The van der Waals surface area contributed by atoms with E-state index in [1.807, 2.05) is 0 Å². The molecular weight excluding hydrogens is 311 g/mol. The fourth-order valence-corrected chi connectivity index (χ4v) is 3.38. The third-order valence-corrected chi connectivity index (χ3v) is 5.42. The Morgan fingerprint density at radius 1 is 1.05 bits per heavy atom. The van der Waals surface area contributed by atoms with Gasteiger partial charge in [-0.15, -0.1) is 0 Å². The van der Waals surface area contributed by atoms with Crippen molar-refractivity contribution in [3.05, 3.63) is 35.0 Å². The number of benzene rings is 1. The van der Waals surface area contributed by atoms with Gasteiger partial charge in [-0.25, -0.2) is 16.8 Å². The van der Waals surface area contributed by atoms with Crippen LogP contribution in [0.5, 0.6) is 0 Å². The summed E-state index contributed by atoms with van der Waals surface area (Å²) in [6.07, 6.45) is 0. The van der Waals surface area contributed by atoms with Crippen molar-refractivity contribution in [1.82, 2.24) is 3.87 Å². The maximum Gasteiger partial charge on any atom is 0.511 e. The second-order valence-corrected chi connectivity index (χ2v) is 7.16. The molecule has 0 spiro atoms. The van der Waals surface area contributed by atoms with Crippen LogP contribution in [-0.4, -0.2) is 26.2 Å². The van der Waals surface area contributed by atoms with Gasteiger partial charge in [0, 0.05) is 0 Å². The maximum atomic E-state index is 12.1. The van der Waals surface area contributed by atoms with Crippen LogP contribution in [0.2, 0.25) is 0 Å². The molecule has 0 N–H and O–H groups in total. The second kappa shape index (κ2) is 4.74. The van der Waals surface area contributed by atoms with Gasteiger partial charge in [-0.3, -0.25) is 0 Å². The summed E-state index contributed by atoms with van der Waals surface area (Å²) in [7, 11) is -11.8. The number of halogens is 3. The highest BCUT2D eigenvalue weighted by Crippen LogP contribution is 2.30. The van der Waals surface area contributed by atoms with Crippen LogP contribution in [0.1, 0.15) is 5.56 Å². The molecule has 0 saturated heterocycles. The number of hydrogen-bond donors (Lipinski definition) is 0.